The van der Waals surface area contributed by atoms with Gasteiger partial charge in [0.05, 0.1) is 40.0 Å². The van der Waals surface area contributed by atoms with Crippen LogP contribution in [-0.4, -0.2) is 22.4 Å². The fourth-order valence-electron chi connectivity index (χ4n) is 1.93. The standard InChI is InChI=1S/C14H16ClN3O2/c1-4-20-14(19)10-5-6-11(16)12(7-10)18-9(3)13(15)8(2)17-18/h5-7H,4,16H2,1-3H3. The summed E-state index contributed by atoms with van der Waals surface area (Å²) in [6, 6.07) is 4.94. The van der Waals surface area contributed by atoms with Gasteiger partial charge in [-0.15, -0.1) is 0 Å². The second kappa shape index (κ2) is 5.54. The number of halogens is 1. The van der Waals surface area contributed by atoms with Gasteiger partial charge in [-0.25, -0.2) is 9.48 Å². The van der Waals surface area contributed by atoms with Crippen LogP contribution in [0.2, 0.25) is 5.02 Å². The Kier molecular flexibility index (Phi) is 3.99. The first kappa shape index (κ1) is 14.4. The number of esters is 1. The molecule has 20 heavy (non-hydrogen) atoms. The Morgan fingerprint density at radius 1 is 1.45 bits per heavy atom. The molecular formula is C14H16ClN3O2. The molecule has 0 fully saturated rings. The average molecular weight is 294 g/mol. The molecule has 0 amide bonds. The van der Waals surface area contributed by atoms with Gasteiger partial charge < -0.3 is 10.5 Å². The zero-order valence-electron chi connectivity index (χ0n) is 11.6. The number of hydrogen-bond donors (Lipinski definition) is 1. The van der Waals surface area contributed by atoms with Crippen molar-refractivity contribution >= 4 is 23.3 Å². The highest BCUT2D eigenvalue weighted by Gasteiger charge is 2.15. The third-order valence-electron chi connectivity index (χ3n) is 2.97. The summed E-state index contributed by atoms with van der Waals surface area (Å²) in [6.07, 6.45) is 0. The van der Waals surface area contributed by atoms with Crippen LogP contribution < -0.4 is 5.73 Å². The van der Waals surface area contributed by atoms with Crippen LogP contribution in [0.4, 0.5) is 5.69 Å². The summed E-state index contributed by atoms with van der Waals surface area (Å²) in [5.41, 5.74) is 9.01. The van der Waals surface area contributed by atoms with E-state index >= 15 is 0 Å². The number of aromatic nitrogens is 2. The molecule has 1 heterocycles. The molecule has 0 radical (unpaired) electrons. The SMILES string of the molecule is CCOC(=O)c1ccc(N)c(-n2nc(C)c(Cl)c2C)c1. The van der Waals surface area contributed by atoms with Crippen LogP contribution >= 0.6 is 11.6 Å². The van der Waals surface area contributed by atoms with Crippen molar-refractivity contribution in [1.82, 2.24) is 9.78 Å². The lowest BCUT2D eigenvalue weighted by Crippen LogP contribution is -2.09. The fraction of sp³-hybridized carbons (Fsp3) is 0.286. The number of nitrogens with two attached hydrogens (primary N) is 1. The zero-order chi connectivity index (χ0) is 14.9. The minimum Gasteiger partial charge on any atom is -0.462 e. The number of ether oxygens (including phenoxy) is 1. The third-order valence-corrected chi connectivity index (χ3v) is 3.52. The Hall–Kier alpha value is -2.01. The molecule has 106 valence electrons. The van der Waals surface area contributed by atoms with Crippen molar-refractivity contribution in [1.29, 1.82) is 0 Å². The number of hydrogen-bond acceptors (Lipinski definition) is 4. The van der Waals surface area contributed by atoms with Gasteiger partial charge in [0, 0.05) is 0 Å². The normalized spacial score (nSPS) is 10.6. The minimum absolute atomic E-state index is 0.324. The highest BCUT2D eigenvalue weighted by atomic mass is 35.5. The third kappa shape index (κ3) is 2.49. The van der Waals surface area contributed by atoms with E-state index in [9.17, 15) is 4.79 Å². The van der Waals surface area contributed by atoms with Gasteiger partial charge in [-0.2, -0.15) is 5.10 Å². The average Bonchev–Trinajstić information content (AvgIpc) is 2.67. The maximum atomic E-state index is 11.8. The molecule has 5 nitrogen and oxygen atoms in total. The van der Waals surface area contributed by atoms with Gasteiger partial charge in [0.15, 0.2) is 0 Å². The number of benzene rings is 1. The lowest BCUT2D eigenvalue weighted by molar-refractivity contribution is 0.0526. The summed E-state index contributed by atoms with van der Waals surface area (Å²) in [5, 5.41) is 4.93. The van der Waals surface area contributed by atoms with Gasteiger partial charge in [-0.3, -0.25) is 0 Å². The van der Waals surface area contributed by atoms with Crippen molar-refractivity contribution < 1.29 is 9.53 Å². The first-order valence-corrected chi connectivity index (χ1v) is 6.62. The van der Waals surface area contributed by atoms with Gasteiger partial charge in [0.25, 0.3) is 0 Å². The molecule has 0 atom stereocenters. The maximum absolute atomic E-state index is 11.8. The Morgan fingerprint density at radius 2 is 2.15 bits per heavy atom. The fourth-order valence-corrected chi connectivity index (χ4v) is 2.04. The number of carbonyl (C=O) groups excluding carboxylic acids is 1. The van der Waals surface area contributed by atoms with E-state index in [0.29, 0.717) is 34.3 Å². The number of rotatable bonds is 3. The zero-order valence-corrected chi connectivity index (χ0v) is 12.4. The van der Waals surface area contributed by atoms with Crippen LogP contribution in [0.25, 0.3) is 5.69 Å². The van der Waals surface area contributed by atoms with Gasteiger partial charge in [-0.1, -0.05) is 11.6 Å². The highest BCUT2D eigenvalue weighted by molar-refractivity contribution is 6.31. The summed E-state index contributed by atoms with van der Waals surface area (Å²) >= 11 is 6.14. The molecule has 6 heteroatoms. The molecular weight excluding hydrogens is 278 g/mol. The van der Waals surface area contributed by atoms with E-state index in [1.165, 1.54) is 0 Å². The summed E-state index contributed by atoms with van der Waals surface area (Å²) in [7, 11) is 0. The van der Waals surface area contributed by atoms with Gasteiger partial charge in [0.2, 0.25) is 0 Å². The smallest absolute Gasteiger partial charge is 0.338 e. The number of aryl methyl sites for hydroxylation is 1. The van der Waals surface area contributed by atoms with Crippen LogP contribution in [0.15, 0.2) is 18.2 Å². The molecule has 0 unspecified atom stereocenters. The van der Waals surface area contributed by atoms with E-state index in [4.69, 9.17) is 22.1 Å². The number of nitrogen functional groups attached to an aromatic ring is 1. The minimum atomic E-state index is -0.388. The first-order chi connectivity index (χ1) is 9.45. The molecule has 0 bridgehead atoms. The Balaban J connectivity index is 2.53. The van der Waals surface area contributed by atoms with E-state index in [2.05, 4.69) is 5.10 Å². The van der Waals surface area contributed by atoms with Crippen molar-refractivity contribution in [3.63, 3.8) is 0 Å². The maximum Gasteiger partial charge on any atom is 0.338 e. The van der Waals surface area contributed by atoms with Gasteiger partial charge in [0.1, 0.15) is 0 Å². The number of anilines is 1. The number of carbonyl (C=O) groups is 1. The molecule has 0 aliphatic carbocycles. The molecule has 0 saturated heterocycles. The van der Waals surface area contributed by atoms with Crippen molar-refractivity contribution in [2.24, 2.45) is 0 Å². The van der Waals surface area contributed by atoms with E-state index in [-0.39, 0.29) is 5.97 Å². The van der Waals surface area contributed by atoms with Crippen molar-refractivity contribution in [3.05, 3.63) is 40.2 Å². The Labute approximate surface area is 122 Å². The van der Waals surface area contributed by atoms with Crippen molar-refractivity contribution in [3.8, 4) is 5.69 Å². The summed E-state index contributed by atoms with van der Waals surface area (Å²) in [4.78, 5) is 11.8. The topological polar surface area (TPSA) is 70.1 Å². The van der Waals surface area contributed by atoms with Crippen molar-refractivity contribution in [2.75, 3.05) is 12.3 Å². The van der Waals surface area contributed by atoms with Gasteiger partial charge in [-0.05, 0) is 39.0 Å². The van der Waals surface area contributed by atoms with E-state index in [1.807, 2.05) is 13.8 Å². The Bertz CT molecular complexity index is 665. The van der Waals surface area contributed by atoms with Crippen LogP contribution in [0, 0.1) is 13.8 Å². The molecule has 0 spiro atoms. The molecule has 2 aromatic rings. The van der Waals surface area contributed by atoms with E-state index in [1.54, 1.807) is 29.8 Å². The summed E-state index contributed by atoms with van der Waals surface area (Å²) in [5.74, 6) is -0.388. The molecule has 2 rings (SSSR count). The molecule has 0 saturated carbocycles. The molecule has 0 aliphatic heterocycles. The molecule has 1 aromatic carbocycles. The molecule has 0 aliphatic rings. The number of nitrogens with zero attached hydrogens (tertiary/aromatic N) is 2. The largest absolute Gasteiger partial charge is 0.462 e. The second-order valence-electron chi connectivity index (χ2n) is 4.39. The Morgan fingerprint density at radius 3 is 2.70 bits per heavy atom. The summed E-state index contributed by atoms with van der Waals surface area (Å²) in [6.45, 7) is 5.75. The van der Waals surface area contributed by atoms with Crippen LogP contribution in [0.1, 0.15) is 28.7 Å². The van der Waals surface area contributed by atoms with Crippen LogP contribution in [0.5, 0.6) is 0 Å². The predicted molar refractivity (Wildman–Crippen MR) is 78.4 cm³/mol. The monoisotopic (exact) mass is 293 g/mol. The van der Waals surface area contributed by atoms with E-state index in [0.717, 1.165) is 5.69 Å². The van der Waals surface area contributed by atoms with Gasteiger partial charge >= 0.3 is 5.97 Å². The highest BCUT2D eigenvalue weighted by Crippen LogP contribution is 2.26. The molecule has 2 N–H and O–H groups in total. The predicted octanol–water partition coefficient (Wildman–Crippen LogP) is 2.90. The second-order valence-corrected chi connectivity index (χ2v) is 4.77. The van der Waals surface area contributed by atoms with Crippen molar-refractivity contribution in [2.45, 2.75) is 20.8 Å². The first-order valence-electron chi connectivity index (χ1n) is 6.24. The lowest BCUT2D eigenvalue weighted by atomic mass is 10.1. The van der Waals surface area contributed by atoms with E-state index < -0.39 is 0 Å². The molecule has 1 aromatic heterocycles. The van der Waals surface area contributed by atoms with Crippen LogP contribution in [0.3, 0.4) is 0 Å². The van der Waals surface area contributed by atoms with Crippen LogP contribution in [-0.2, 0) is 4.74 Å². The quantitative estimate of drug-likeness (QED) is 0.698. The summed E-state index contributed by atoms with van der Waals surface area (Å²) < 4.78 is 6.62. The lowest BCUT2D eigenvalue weighted by Gasteiger charge is -2.10.